The van der Waals surface area contributed by atoms with E-state index in [9.17, 15) is 4.79 Å². The van der Waals surface area contributed by atoms with Crippen molar-refractivity contribution in [1.82, 2.24) is 10.6 Å². The van der Waals surface area contributed by atoms with Gasteiger partial charge in [0.05, 0.1) is 18.0 Å². The first-order valence-electron chi connectivity index (χ1n) is 5.95. The lowest BCUT2D eigenvalue weighted by Gasteiger charge is -2.14. The highest BCUT2D eigenvalue weighted by Crippen LogP contribution is 2.20. The van der Waals surface area contributed by atoms with Crippen LogP contribution in [-0.2, 0) is 4.79 Å². The highest BCUT2D eigenvalue weighted by molar-refractivity contribution is 5.78. The van der Waals surface area contributed by atoms with Crippen LogP contribution in [0.2, 0.25) is 0 Å². The van der Waals surface area contributed by atoms with Gasteiger partial charge in [0.15, 0.2) is 0 Å². The minimum Gasteiger partial charge on any atom is -0.352 e. The van der Waals surface area contributed by atoms with Gasteiger partial charge in [-0.1, -0.05) is 0 Å². The van der Waals surface area contributed by atoms with E-state index < -0.39 is 0 Å². The molecule has 1 rings (SSSR count). The van der Waals surface area contributed by atoms with Crippen LogP contribution in [0, 0.1) is 16.7 Å². The maximum absolute atomic E-state index is 11.3. The summed E-state index contributed by atoms with van der Waals surface area (Å²) in [7, 11) is 0. The fourth-order valence-corrected chi connectivity index (χ4v) is 1.42. The summed E-state index contributed by atoms with van der Waals surface area (Å²) in [5.74, 6) is 0.0852. The SMILES string of the molecule is CC(C)(C#N)CCCNCC(=O)NC1CC1. The van der Waals surface area contributed by atoms with Gasteiger partial charge < -0.3 is 10.6 Å². The van der Waals surface area contributed by atoms with Gasteiger partial charge in [-0.3, -0.25) is 4.79 Å². The van der Waals surface area contributed by atoms with Gasteiger partial charge in [-0.05, 0) is 46.1 Å². The molecule has 16 heavy (non-hydrogen) atoms. The molecule has 1 amide bonds. The molecule has 0 radical (unpaired) electrons. The summed E-state index contributed by atoms with van der Waals surface area (Å²) >= 11 is 0. The predicted molar refractivity (Wildman–Crippen MR) is 62.7 cm³/mol. The Morgan fingerprint density at radius 2 is 2.19 bits per heavy atom. The zero-order valence-electron chi connectivity index (χ0n) is 10.2. The second-order valence-corrected chi connectivity index (χ2v) is 5.12. The molecular formula is C12H21N3O. The molecule has 0 aliphatic heterocycles. The van der Waals surface area contributed by atoms with Gasteiger partial charge >= 0.3 is 0 Å². The van der Waals surface area contributed by atoms with Crippen molar-refractivity contribution < 1.29 is 4.79 Å². The topological polar surface area (TPSA) is 64.9 Å². The largest absolute Gasteiger partial charge is 0.352 e. The highest BCUT2D eigenvalue weighted by Gasteiger charge is 2.22. The van der Waals surface area contributed by atoms with Crippen molar-refractivity contribution >= 4 is 5.91 Å². The van der Waals surface area contributed by atoms with Crippen molar-refractivity contribution in [2.75, 3.05) is 13.1 Å². The number of hydrogen-bond acceptors (Lipinski definition) is 3. The summed E-state index contributed by atoms with van der Waals surface area (Å²) in [6.45, 7) is 5.06. The van der Waals surface area contributed by atoms with Crippen LogP contribution in [0.25, 0.3) is 0 Å². The van der Waals surface area contributed by atoms with Gasteiger partial charge in [-0.2, -0.15) is 5.26 Å². The summed E-state index contributed by atoms with van der Waals surface area (Å²) < 4.78 is 0. The Kier molecular flexibility index (Phi) is 4.75. The van der Waals surface area contributed by atoms with Crippen LogP contribution in [0.5, 0.6) is 0 Å². The van der Waals surface area contributed by atoms with E-state index in [0.717, 1.165) is 32.2 Å². The van der Waals surface area contributed by atoms with E-state index in [1.807, 2.05) is 13.8 Å². The summed E-state index contributed by atoms with van der Waals surface area (Å²) in [4.78, 5) is 11.3. The second kappa shape index (κ2) is 5.86. The first-order valence-corrected chi connectivity index (χ1v) is 5.95. The molecule has 0 spiro atoms. The fraction of sp³-hybridized carbons (Fsp3) is 0.833. The first kappa shape index (κ1) is 13.0. The molecule has 4 nitrogen and oxygen atoms in total. The van der Waals surface area contributed by atoms with Crippen LogP contribution < -0.4 is 10.6 Å². The molecule has 4 heteroatoms. The van der Waals surface area contributed by atoms with Crippen LogP contribution >= 0.6 is 0 Å². The van der Waals surface area contributed by atoms with E-state index >= 15 is 0 Å². The molecular weight excluding hydrogens is 202 g/mol. The number of hydrogen-bond donors (Lipinski definition) is 2. The maximum atomic E-state index is 11.3. The number of nitrogens with zero attached hydrogens (tertiary/aromatic N) is 1. The molecule has 0 aromatic carbocycles. The molecule has 2 N–H and O–H groups in total. The smallest absolute Gasteiger partial charge is 0.234 e. The Labute approximate surface area is 97.4 Å². The molecule has 1 aliphatic rings. The molecule has 1 aliphatic carbocycles. The number of nitriles is 1. The Balaban J connectivity index is 1.95. The molecule has 0 atom stereocenters. The third-order valence-electron chi connectivity index (χ3n) is 2.69. The van der Waals surface area contributed by atoms with E-state index in [1.165, 1.54) is 0 Å². The zero-order valence-corrected chi connectivity index (χ0v) is 10.2. The quantitative estimate of drug-likeness (QED) is 0.637. The summed E-state index contributed by atoms with van der Waals surface area (Å²) in [6.07, 6.45) is 4.04. The van der Waals surface area contributed by atoms with E-state index in [0.29, 0.717) is 12.6 Å². The Bertz CT molecular complexity index is 276. The van der Waals surface area contributed by atoms with E-state index in [-0.39, 0.29) is 11.3 Å². The Morgan fingerprint density at radius 3 is 2.75 bits per heavy atom. The van der Waals surface area contributed by atoms with E-state index in [1.54, 1.807) is 0 Å². The Hall–Kier alpha value is -1.08. The first-order chi connectivity index (χ1) is 7.53. The van der Waals surface area contributed by atoms with Gasteiger partial charge in [0.25, 0.3) is 0 Å². The monoisotopic (exact) mass is 223 g/mol. The molecule has 1 fully saturated rings. The fourth-order valence-electron chi connectivity index (χ4n) is 1.42. The lowest BCUT2D eigenvalue weighted by molar-refractivity contribution is -0.120. The molecule has 0 aromatic rings. The van der Waals surface area contributed by atoms with Crippen LogP contribution in [-0.4, -0.2) is 25.0 Å². The van der Waals surface area contributed by atoms with Crippen LogP contribution in [0.4, 0.5) is 0 Å². The molecule has 1 saturated carbocycles. The van der Waals surface area contributed by atoms with Crippen molar-refractivity contribution in [1.29, 1.82) is 5.26 Å². The predicted octanol–water partition coefficient (Wildman–Crippen LogP) is 1.18. The average Bonchev–Trinajstić information content (AvgIpc) is 3.01. The number of carbonyl (C=O) groups excluding carboxylic acids is 1. The average molecular weight is 223 g/mol. The van der Waals surface area contributed by atoms with Crippen molar-refractivity contribution in [2.45, 2.75) is 45.6 Å². The third kappa shape index (κ3) is 5.72. The van der Waals surface area contributed by atoms with Gasteiger partial charge in [-0.25, -0.2) is 0 Å². The molecule has 0 aromatic heterocycles. The number of carbonyl (C=O) groups is 1. The van der Waals surface area contributed by atoms with Gasteiger partial charge in [0, 0.05) is 6.04 Å². The van der Waals surface area contributed by atoms with Gasteiger partial charge in [0.1, 0.15) is 0 Å². The third-order valence-corrected chi connectivity index (χ3v) is 2.69. The van der Waals surface area contributed by atoms with E-state index in [2.05, 4.69) is 16.7 Å². The molecule has 0 heterocycles. The van der Waals surface area contributed by atoms with Crippen LogP contribution in [0.3, 0.4) is 0 Å². The molecule has 0 bridgehead atoms. The van der Waals surface area contributed by atoms with E-state index in [4.69, 9.17) is 5.26 Å². The van der Waals surface area contributed by atoms with Crippen LogP contribution in [0.1, 0.15) is 39.5 Å². The molecule has 90 valence electrons. The number of nitrogens with one attached hydrogen (secondary N) is 2. The van der Waals surface area contributed by atoms with Gasteiger partial charge in [0.2, 0.25) is 5.91 Å². The maximum Gasteiger partial charge on any atom is 0.234 e. The number of amides is 1. The lowest BCUT2D eigenvalue weighted by Crippen LogP contribution is -2.35. The molecule has 0 unspecified atom stereocenters. The molecule has 0 saturated heterocycles. The normalized spacial score (nSPS) is 15.6. The Morgan fingerprint density at radius 1 is 1.50 bits per heavy atom. The minimum absolute atomic E-state index is 0.0852. The van der Waals surface area contributed by atoms with Crippen molar-refractivity contribution in [3.05, 3.63) is 0 Å². The highest BCUT2D eigenvalue weighted by atomic mass is 16.2. The number of rotatable bonds is 7. The summed E-state index contributed by atoms with van der Waals surface area (Å²) in [5, 5.41) is 14.8. The van der Waals surface area contributed by atoms with Crippen molar-refractivity contribution in [2.24, 2.45) is 5.41 Å². The second-order valence-electron chi connectivity index (χ2n) is 5.12. The zero-order chi connectivity index (χ0) is 12.0. The lowest BCUT2D eigenvalue weighted by atomic mass is 9.90. The summed E-state index contributed by atoms with van der Waals surface area (Å²) in [5.41, 5.74) is -0.252. The van der Waals surface area contributed by atoms with Crippen molar-refractivity contribution in [3.63, 3.8) is 0 Å². The van der Waals surface area contributed by atoms with Gasteiger partial charge in [-0.15, -0.1) is 0 Å². The minimum atomic E-state index is -0.252. The van der Waals surface area contributed by atoms with Crippen LogP contribution in [0.15, 0.2) is 0 Å². The summed E-state index contributed by atoms with van der Waals surface area (Å²) in [6, 6.07) is 2.71. The van der Waals surface area contributed by atoms with Crippen molar-refractivity contribution in [3.8, 4) is 6.07 Å². The standard InChI is InChI=1S/C12H21N3O/c1-12(2,9-13)6-3-7-14-8-11(16)15-10-4-5-10/h10,14H,3-8H2,1-2H3,(H,15,16).